The van der Waals surface area contributed by atoms with Crippen molar-refractivity contribution in [3.63, 3.8) is 0 Å². The molecule has 13 heavy (non-hydrogen) atoms. The van der Waals surface area contributed by atoms with Gasteiger partial charge in [0.25, 0.3) is 0 Å². The van der Waals surface area contributed by atoms with Gasteiger partial charge in [-0.05, 0) is 6.07 Å². The molecule has 1 aromatic rings. The summed E-state index contributed by atoms with van der Waals surface area (Å²) in [6, 6.07) is 4.43. The second kappa shape index (κ2) is 3.54. The molecule has 0 spiro atoms. The molecule has 0 saturated carbocycles. The van der Waals surface area contributed by atoms with E-state index < -0.39 is 0 Å². The van der Waals surface area contributed by atoms with Crippen molar-refractivity contribution in [2.24, 2.45) is 12.2 Å². The van der Waals surface area contributed by atoms with Gasteiger partial charge in [0, 0.05) is 24.9 Å². The van der Waals surface area contributed by atoms with E-state index in [9.17, 15) is 4.79 Å². The highest BCUT2D eigenvalue weighted by Crippen LogP contribution is 1.96. The number of hydrogen-bond donors (Lipinski definition) is 1. The second-order valence-corrected chi connectivity index (χ2v) is 2.43. The largest absolute Gasteiger partial charge is 0.410 e. The van der Waals surface area contributed by atoms with Gasteiger partial charge in [-0.2, -0.15) is 5.26 Å². The Morgan fingerprint density at radius 1 is 1.69 bits per heavy atom. The van der Waals surface area contributed by atoms with E-state index in [2.05, 4.69) is 5.16 Å². The van der Waals surface area contributed by atoms with Gasteiger partial charge in [-0.25, -0.2) is 0 Å². The zero-order valence-electron chi connectivity index (χ0n) is 6.93. The lowest BCUT2D eigenvalue weighted by Gasteiger charge is -1.98. The summed E-state index contributed by atoms with van der Waals surface area (Å²) in [5, 5.41) is 19.7. The third-order valence-electron chi connectivity index (χ3n) is 1.57. The molecule has 1 rings (SSSR count). The van der Waals surface area contributed by atoms with Crippen LogP contribution >= 0.6 is 0 Å². The van der Waals surface area contributed by atoms with Gasteiger partial charge in [0.15, 0.2) is 5.71 Å². The molecule has 0 fully saturated rings. The third-order valence-corrected chi connectivity index (χ3v) is 1.57. The SMILES string of the molecule is Cn1cc(/C(C#N)=N\O)ccc1=O. The number of oxime groups is 1. The van der Waals surface area contributed by atoms with Gasteiger partial charge >= 0.3 is 0 Å². The molecule has 0 amide bonds. The van der Waals surface area contributed by atoms with Crippen LogP contribution in [0.15, 0.2) is 28.3 Å². The molecule has 0 aliphatic carbocycles. The zero-order chi connectivity index (χ0) is 9.84. The predicted molar refractivity (Wildman–Crippen MR) is 45.6 cm³/mol. The van der Waals surface area contributed by atoms with Crippen molar-refractivity contribution >= 4 is 5.71 Å². The van der Waals surface area contributed by atoms with Gasteiger partial charge < -0.3 is 9.77 Å². The fourth-order valence-corrected chi connectivity index (χ4v) is 0.879. The molecule has 5 heteroatoms. The molecule has 1 N–H and O–H groups in total. The normalized spacial score (nSPS) is 10.9. The molecule has 0 atom stereocenters. The van der Waals surface area contributed by atoms with E-state index in [1.165, 1.54) is 22.9 Å². The average Bonchev–Trinajstić information content (AvgIpc) is 2.13. The van der Waals surface area contributed by atoms with E-state index >= 15 is 0 Å². The smallest absolute Gasteiger partial charge is 0.250 e. The summed E-state index contributed by atoms with van der Waals surface area (Å²) >= 11 is 0. The first-order valence-corrected chi connectivity index (χ1v) is 3.48. The quantitative estimate of drug-likeness (QED) is 0.375. The number of nitrogens with zero attached hydrogens (tertiary/aromatic N) is 3. The number of pyridine rings is 1. The topological polar surface area (TPSA) is 78.4 Å². The molecule has 0 aliphatic heterocycles. The van der Waals surface area contributed by atoms with Crippen molar-refractivity contribution in [1.29, 1.82) is 5.26 Å². The Kier molecular flexibility index (Phi) is 2.45. The summed E-state index contributed by atoms with van der Waals surface area (Å²) in [5.41, 5.74) is 0.113. The Labute approximate surface area is 74.2 Å². The number of nitriles is 1. The maximum atomic E-state index is 10.9. The number of rotatable bonds is 1. The Balaban J connectivity index is 3.27. The molecule has 1 heterocycles. The van der Waals surface area contributed by atoms with Crippen molar-refractivity contribution in [2.45, 2.75) is 0 Å². The minimum atomic E-state index is -0.182. The Morgan fingerprint density at radius 3 is 2.85 bits per heavy atom. The number of hydrogen-bond acceptors (Lipinski definition) is 4. The molecule has 0 bridgehead atoms. The minimum Gasteiger partial charge on any atom is -0.410 e. The molecule has 0 saturated heterocycles. The maximum absolute atomic E-state index is 10.9. The molecule has 1 aromatic heterocycles. The van der Waals surface area contributed by atoms with E-state index in [1.54, 1.807) is 13.1 Å². The highest BCUT2D eigenvalue weighted by Gasteiger charge is 2.03. The highest BCUT2D eigenvalue weighted by molar-refractivity contribution is 6.11. The van der Waals surface area contributed by atoms with Crippen molar-refractivity contribution in [1.82, 2.24) is 4.57 Å². The van der Waals surface area contributed by atoms with Gasteiger partial charge in [-0.3, -0.25) is 4.79 Å². The van der Waals surface area contributed by atoms with Crippen LogP contribution in [0.25, 0.3) is 0 Å². The molecular formula is C8H7N3O2. The van der Waals surface area contributed by atoms with Crippen LogP contribution in [0.4, 0.5) is 0 Å². The first kappa shape index (κ1) is 9.00. The average molecular weight is 177 g/mol. The lowest BCUT2D eigenvalue weighted by molar-refractivity contribution is 0.320. The van der Waals surface area contributed by atoms with Gasteiger partial charge in [-0.1, -0.05) is 5.16 Å². The summed E-state index contributed by atoms with van der Waals surface area (Å²) in [6.07, 6.45) is 1.43. The first-order valence-electron chi connectivity index (χ1n) is 3.48. The van der Waals surface area contributed by atoms with Crippen LogP contribution in [0.1, 0.15) is 5.56 Å². The second-order valence-electron chi connectivity index (χ2n) is 2.43. The Hall–Kier alpha value is -2.09. The highest BCUT2D eigenvalue weighted by atomic mass is 16.4. The van der Waals surface area contributed by atoms with Crippen molar-refractivity contribution in [3.05, 3.63) is 34.2 Å². The first-order chi connectivity index (χ1) is 6.19. The van der Waals surface area contributed by atoms with Gasteiger partial charge in [0.1, 0.15) is 6.07 Å². The van der Waals surface area contributed by atoms with E-state index in [4.69, 9.17) is 10.5 Å². The molecule has 5 nitrogen and oxygen atoms in total. The van der Waals surface area contributed by atoms with Crippen LogP contribution in [0, 0.1) is 11.3 Å². The summed E-state index contributed by atoms with van der Waals surface area (Å²) in [4.78, 5) is 10.9. The van der Waals surface area contributed by atoms with E-state index in [0.717, 1.165) is 0 Å². The van der Waals surface area contributed by atoms with Crippen LogP contribution in [0.3, 0.4) is 0 Å². The summed E-state index contributed by atoms with van der Waals surface area (Å²) in [6.45, 7) is 0. The molecule has 66 valence electrons. The molecule has 0 aromatic carbocycles. The summed E-state index contributed by atoms with van der Waals surface area (Å²) in [5.74, 6) is 0. The van der Waals surface area contributed by atoms with E-state index in [1.807, 2.05) is 0 Å². The molecular weight excluding hydrogens is 170 g/mol. The lowest BCUT2D eigenvalue weighted by atomic mass is 10.2. The molecule has 0 radical (unpaired) electrons. The molecule has 0 aliphatic rings. The standard InChI is InChI=1S/C8H7N3O2/c1-11-5-6(2-3-8(11)12)7(4-9)10-13/h2-3,5,13H,1H3/b10-7-. The predicted octanol–water partition coefficient (Wildman–Crippen LogP) is 0.0872. The molecule has 0 unspecified atom stereocenters. The van der Waals surface area contributed by atoms with Crippen LogP contribution < -0.4 is 5.56 Å². The van der Waals surface area contributed by atoms with E-state index in [0.29, 0.717) is 5.56 Å². The monoisotopic (exact) mass is 177 g/mol. The third kappa shape index (κ3) is 1.73. The Bertz CT molecular complexity index is 439. The van der Waals surface area contributed by atoms with Gasteiger partial charge in [-0.15, -0.1) is 0 Å². The van der Waals surface area contributed by atoms with Crippen LogP contribution in [-0.4, -0.2) is 15.5 Å². The maximum Gasteiger partial charge on any atom is 0.250 e. The fourth-order valence-electron chi connectivity index (χ4n) is 0.879. The fraction of sp³-hybridized carbons (Fsp3) is 0.125. The van der Waals surface area contributed by atoms with Crippen LogP contribution in [0.2, 0.25) is 0 Å². The van der Waals surface area contributed by atoms with Crippen molar-refractivity contribution in [3.8, 4) is 6.07 Å². The number of aryl methyl sites for hydroxylation is 1. The summed E-state index contributed by atoms with van der Waals surface area (Å²) < 4.78 is 1.30. The van der Waals surface area contributed by atoms with E-state index in [-0.39, 0.29) is 11.3 Å². The van der Waals surface area contributed by atoms with Crippen LogP contribution in [-0.2, 0) is 7.05 Å². The van der Waals surface area contributed by atoms with Crippen molar-refractivity contribution in [2.75, 3.05) is 0 Å². The van der Waals surface area contributed by atoms with Gasteiger partial charge in [0.2, 0.25) is 5.56 Å². The minimum absolute atomic E-state index is 0.115. The van der Waals surface area contributed by atoms with Gasteiger partial charge in [0.05, 0.1) is 0 Å². The lowest BCUT2D eigenvalue weighted by Crippen LogP contribution is -2.16. The Morgan fingerprint density at radius 2 is 2.38 bits per heavy atom. The number of aromatic nitrogens is 1. The van der Waals surface area contributed by atoms with Crippen molar-refractivity contribution < 1.29 is 5.21 Å². The zero-order valence-corrected chi connectivity index (χ0v) is 6.93. The summed E-state index contributed by atoms with van der Waals surface area (Å²) in [7, 11) is 1.55. The van der Waals surface area contributed by atoms with Crippen LogP contribution in [0.5, 0.6) is 0 Å².